The van der Waals surface area contributed by atoms with Crippen LogP contribution in [-0.4, -0.2) is 11.7 Å². The summed E-state index contributed by atoms with van der Waals surface area (Å²) >= 11 is 0. The Bertz CT molecular complexity index is 620. The first-order valence-corrected chi connectivity index (χ1v) is 5.64. The van der Waals surface area contributed by atoms with Gasteiger partial charge in [0.1, 0.15) is 5.71 Å². The molecule has 3 rings (SSSR count). The van der Waals surface area contributed by atoms with Crippen LogP contribution in [0.15, 0.2) is 59.7 Å². The van der Waals surface area contributed by atoms with Gasteiger partial charge in [0.25, 0.3) is 0 Å². The average Bonchev–Trinajstić information content (AvgIpc) is 2.58. The lowest BCUT2D eigenvalue weighted by Gasteiger charge is -2.08. The van der Waals surface area contributed by atoms with Crippen molar-refractivity contribution in [3.05, 3.63) is 65.7 Å². The first-order valence-electron chi connectivity index (χ1n) is 5.64. The Balaban J connectivity index is 2.17. The summed E-state index contributed by atoms with van der Waals surface area (Å²) in [5.41, 5.74) is 5.86. The molecule has 0 bridgehead atoms. The smallest absolute Gasteiger partial charge is 0.306 e. The molecule has 4 nitrogen and oxygen atoms in total. The van der Waals surface area contributed by atoms with Crippen LogP contribution < -0.4 is 10.7 Å². The minimum Gasteiger partial charge on any atom is -0.306 e. The highest BCUT2D eigenvalue weighted by Gasteiger charge is 2.16. The number of carbonyl (C=O) groups excluding carboxylic acids is 1. The highest BCUT2D eigenvalue weighted by Crippen LogP contribution is 2.21. The number of anilines is 1. The van der Waals surface area contributed by atoms with Crippen LogP contribution in [0.4, 0.5) is 10.5 Å². The van der Waals surface area contributed by atoms with Crippen molar-refractivity contribution in [3.63, 3.8) is 0 Å². The van der Waals surface area contributed by atoms with Gasteiger partial charge in [0.2, 0.25) is 0 Å². The predicted molar refractivity (Wildman–Crippen MR) is 70.7 cm³/mol. The molecule has 0 saturated carbocycles. The molecule has 1 aliphatic heterocycles. The molecule has 4 heteroatoms. The summed E-state index contributed by atoms with van der Waals surface area (Å²) in [4.78, 5) is 11.5. The Morgan fingerprint density at radius 2 is 1.61 bits per heavy atom. The van der Waals surface area contributed by atoms with Crippen molar-refractivity contribution in [2.45, 2.75) is 0 Å². The fraction of sp³-hybridized carbons (Fsp3) is 0. The van der Waals surface area contributed by atoms with Crippen molar-refractivity contribution < 1.29 is 4.79 Å². The third-order valence-corrected chi connectivity index (χ3v) is 2.75. The summed E-state index contributed by atoms with van der Waals surface area (Å²) in [5.74, 6) is 0. The summed E-state index contributed by atoms with van der Waals surface area (Å²) in [6, 6.07) is 17.0. The molecule has 0 radical (unpaired) electrons. The monoisotopic (exact) mass is 237 g/mol. The molecule has 18 heavy (non-hydrogen) atoms. The number of hydrazone groups is 1. The predicted octanol–water partition coefficient (Wildman–Crippen LogP) is 2.57. The molecule has 2 aromatic carbocycles. The minimum absolute atomic E-state index is 0.326. The quantitative estimate of drug-likeness (QED) is 0.786. The fourth-order valence-corrected chi connectivity index (χ4v) is 1.93. The maximum Gasteiger partial charge on any atom is 0.339 e. The highest BCUT2D eigenvalue weighted by molar-refractivity contribution is 6.18. The number of nitrogens with one attached hydrogen (secondary N) is 2. The van der Waals surface area contributed by atoms with E-state index in [0.29, 0.717) is 0 Å². The van der Waals surface area contributed by atoms with E-state index >= 15 is 0 Å². The molecule has 0 atom stereocenters. The lowest BCUT2D eigenvalue weighted by Crippen LogP contribution is -2.22. The Kier molecular flexibility index (Phi) is 2.53. The lowest BCUT2D eigenvalue weighted by molar-refractivity contribution is 0.252. The van der Waals surface area contributed by atoms with E-state index in [1.807, 2.05) is 54.6 Å². The van der Waals surface area contributed by atoms with Crippen molar-refractivity contribution >= 4 is 17.4 Å². The van der Waals surface area contributed by atoms with Crippen molar-refractivity contribution in [2.24, 2.45) is 5.10 Å². The van der Waals surface area contributed by atoms with Gasteiger partial charge < -0.3 is 5.32 Å². The third kappa shape index (κ3) is 1.84. The van der Waals surface area contributed by atoms with E-state index in [4.69, 9.17) is 0 Å². The summed E-state index contributed by atoms with van der Waals surface area (Å²) in [6.45, 7) is 0. The summed E-state index contributed by atoms with van der Waals surface area (Å²) in [7, 11) is 0. The second kappa shape index (κ2) is 4.33. The second-order valence-electron chi connectivity index (χ2n) is 3.94. The molecule has 2 amide bonds. The van der Waals surface area contributed by atoms with E-state index in [2.05, 4.69) is 15.8 Å². The van der Waals surface area contributed by atoms with Gasteiger partial charge in [-0.3, -0.25) is 0 Å². The molecule has 1 aliphatic rings. The summed E-state index contributed by atoms with van der Waals surface area (Å²) < 4.78 is 0. The van der Waals surface area contributed by atoms with Crippen LogP contribution in [0.2, 0.25) is 0 Å². The van der Waals surface area contributed by atoms with Gasteiger partial charge >= 0.3 is 6.03 Å². The number of hydrogen-bond donors (Lipinski definition) is 2. The average molecular weight is 237 g/mol. The number of rotatable bonds is 1. The summed E-state index contributed by atoms with van der Waals surface area (Å²) in [5, 5.41) is 6.93. The highest BCUT2D eigenvalue weighted by atomic mass is 16.2. The van der Waals surface area contributed by atoms with Crippen molar-refractivity contribution in [1.82, 2.24) is 5.43 Å². The number of hydrogen-bond acceptors (Lipinski definition) is 2. The molecule has 1 heterocycles. The molecule has 0 spiro atoms. The molecular weight excluding hydrogens is 226 g/mol. The van der Waals surface area contributed by atoms with E-state index in [1.165, 1.54) is 0 Å². The van der Waals surface area contributed by atoms with E-state index in [-0.39, 0.29) is 6.03 Å². The first-order chi connectivity index (χ1) is 8.84. The van der Waals surface area contributed by atoms with Gasteiger partial charge in [-0.2, -0.15) is 5.10 Å². The SMILES string of the molecule is O=C1NN=C(c2ccccc2)c2ccccc2N1. The number of urea groups is 1. The molecule has 0 aromatic heterocycles. The van der Waals surface area contributed by atoms with Crippen molar-refractivity contribution in [2.75, 3.05) is 5.32 Å². The Morgan fingerprint density at radius 3 is 2.44 bits per heavy atom. The minimum atomic E-state index is -0.326. The van der Waals surface area contributed by atoms with E-state index < -0.39 is 0 Å². The molecule has 0 fully saturated rings. The Morgan fingerprint density at radius 1 is 0.889 bits per heavy atom. The van der Waals surface area contributed by atoms with Crippen LogP contribution >= 0.6 is 0 Å². The number of carbonyl (C=O) groups is 1. The molecule has 0 unspecified atom stereocenters. The zero-order valence-corrected chi connectivity index (χ0v) is 9.55. The maximum atomic E-state index is 11.5. The first kappa shape index (κ1) is 10.5. The maximum absolute atomic E-state index is 11.5. The van der Waals surface area contributed by atoms with Crippen LogP contribution in [0.1, 0.15) is 11.1 Å². The van der Waals surface area contributed by atoms with Crippen molar-refractivity contribution in [3.8, 4) is 0 Å². The Labute approximate surface area is 104 Å². The van der Waals surface area contributed by atoms with E-state index in [1.54, 1.807) is 0 Å². The van der Waals surface area contributed by atoms with E-state index in [0.717, 1.165) is 22.5 Å². The zero-order chi connectivity index (χ0) is 12.4. The van der Waals surface area contributed by atoms with Crippen LogP contribution in [0.25, 0.3) is 0 Å². The third-order valence-electron chi connectivity index (χ3n) is 2.75. The fourth-order valence-electron chi connectivity index (χ4n) is 1.93. The lowest BCUT2D eigenvalue weighted by atomic mass is 10.0. The zero-order valence-electron chi connectivity index (χ0n) is 9.55. The van der Waals surface area contributed by atoms with Gasteiger partial charge in [-0.1, -0.05) is 48.5 Å². The van der Waals surface area contributed by atoms with E-state index in [9.17, 15) is 4.79 Å². The number of para-hydroxylation sites is 1. The van der Waals surface area contributed by atoms with Crippen LogP contribution in [0, 0.1) is 0 Å². The van der Waals surface area contributed by atoms with Crippen molar-refractivity contribution in [1.29, 1.82) is 0 Å². The molecule has 0 aliphatic carbocycles. The van der Waals surface area contributed by atoms with Gasteiger partial charge in [-0.15, -0.1) is 0 Å². The number of amides is 2. The Hall–Kier alpha value is -2.62. The van der Waals surface area contributed by atoms with Gasteiger partial charge in [0.05, 0.1) is 5.69 Å². The molecule has 2 N–H and O–H groups in total. The summed E-state index contributed by atoms with van der Waals surface area (Å²) in [6.07, 6.45) is 0. The van der Waals surface area contributed by atoms with Crippen LogP contribution in [0.5, 0.6) is 0 Å². The molecule has 88 valence electrons. The number of benzene rings is 2. The van der Waals surface area contributed by atoms with Crippen LogP contribution in [-0.2, 0) is 0 Å². The molecular formula is C14H11N3O. The van der Waals surface area contributed by atoms with Gasteiger partial charge in [-0.25, -0.2) is 10.2 Å². The largest absolute Gasteiger partial charge is 0.339 e. The van der Waals surface area contributed by atoms with Gasteiger partial charge in [0.15, 0.2) is 0 Å². The van der Waals surface area contributed by atoms with Crippen LogP contribution in [0.3, 0.4) is 0 Å². The topological polar surface area (TPSA) is 53.5 Å². The van der Waals surface area contributed by atoms with Gasteiger partial charge in [0, 0.05) is 11.1 Å². The number of fused-ring (bicyclic) bond motifs is 1. The number of nitrogens with zero attached hydrogens (tertiary/aromatic N) is 1. The standard InChI is InChI=1S/C14H11N3O/c18-14-15-12-9-5-4-8-11(12)13(16-17-14)10-6-2-1-3-7-10/h1-9H,(H2,15,17,18). The second-order valence-corrected chi connectivity index (χ2v) is 3.94. The normalized spacial score (nSPS) is 13.8. The molecule has 2 aromatic rings. The molecule has 0 saturated heterocycles. The van der Waals surface area contributed by atoms with Gasteiger partial charge in [-0.05, 0) is 6.07 Å².